The van der Waals surface area contributed by atoms with Crippen molar-refractivity contribution in [2.24, 2.45) is 17.8 Å². The van der Waals surface area contributed by atoms with Crippen molar-refractivity contribution in [1.29, 1.82) is 0 Å². The molecule has 1 aromatic carbocycles. The van der Waals surface area contributed by atoms with E-state index >= 15 is 0 Å². The monoisotopic (exact) mass is 298 g/mol. The second-order valence-corrected chi connectivity index (χ2v) is 7.13. The van der Waals surface area contributed by atoms with Crippen LogP contribution in [0.25, 0.3) is 10.9 Å². The Labute approximate surface area is 132 Å². The molecule has 118 valence electrons. The summed E-state index contributed by atoms with van der Waals surface area (Å²) in [6.45, 7) is 7.21. The fraction of sp³-hybridized carbons (Fsp3) is 0.579. The van der Waals surface area contributed by atoms with Crippen molar-refractivity contribution in [3.05, 3.63) is 35.5 Å². The Kier molecular flexibility index (Phi) is 3.50. The van der Waals surface area contributed by atoms with Crippen LogP contribution in [-0.4, -0.2) is 34.7 Å². The normalized spacial score (nSPS) is 32.0. The molecule has 22 heavy (non-hydrogen) atoms. The first-order valence-electron chi connectivity index (χ1n) is 8.69. The van der Waals surface area contributed by atoms with Crippen molar-refractivity contribution in [2.45, 2.75) is 32.7 Å². The van der Waals surface area contributed by atoms with Gasteiger partial charge in [-0.3, -0.25) is 4.90 Å². The van der Waals surface area contributed by atoms with E-state index in [-0.39, 0.29) is 6.61 Å². The minimum Gasteiger partial charge on any atom is -0.396 e. The number of benzene rings is 1. The van der Waals surface area contributed by atoms with E-state index in [9.17, 15) is 5.11 Å². The number of nitrogens with one attached hydrogen (secondary N) is 1. The maximum absolute atomic E-state index is 10.1. The van der Waals surface area contributed by atoms with Crippen molar-refractivity contribution in [3.8, 4) is 0 Å². The van der Waals surface area contributed by atoms with E-state index in [2.05, 4.69) is 48.0 Å². The van der Waals surface area contributed by atoms with Gasteiger partial charge in [-0.2, -0.15) is 0 Å². The lowest BCUT2D eigenvalue weighted by atomic mass is 9.71. The number of aromatic nitrogens is 1. The maximum atomic E-state index is 10.1. The molecule has 2 aliphatic heterocycles. The van der Waals surface area contributed by atoms with Crippen molar-refractivity contribution in [1.82, 2.24) is 9.88 Å². The molecule has 0 radical (unpaired) electrons. The van der Waals surface area contributed by atoms with E-state index in [4.69, 9.17) is 0 Å². The number of fused-ring (bicyclic) bond motifs is 5. The summed E-state index contributed by atoms with van der Waals surface area (Å²) in [6.07, 6.45) is 2.33. The second kappa shape index (κ2) is 5.39. The first kappa shape index (κ1) is 14.3. The van der Waals surface area contributed by atoms with Crippen molar-refractivity contribution >= 4 is 10.9 Å². The van der Waals surface area contributed by atoms with Crippen LogP contribution in [0.5, 0.6) is 0 Å². The molecule has 4 rings (SSSR count). The van der Waals surface area contributed by atoms with Crippen LogP contribution >= 0.6 is 0 Å². The van der Waals surface area contributed by atoms with Gasteiger partial charge in [-0.05, 0) is 29.9 Å². The average molecular weight is 298 g/mol. The molecule has 2 aliphatic rings. The Hall–Kier alpha value is -1.32. The Balaban J connectivity index is 1.82. The minimum absolute atomic E-state index is 0.285. The number of rotatable bonds is 2. The molecule has 0 spiro atoms. The summed E-state index contributed by atoms with van der Waals surface area (Å²) in [5.41, 5.74) is 4.10. The molecule has 2 aromatic rings. The van der Waals surface area contributed by atoms with Gasteiger partial charge in [-0.25, -0.2) is 0 Å². The number of aliphatic hydroxyl groups is 1. The van der Waals surface area contributed by atoms with Gasteiger partial charge in [0.2, 0.25) is 0 Å². The summed E-state index contributed by atoms with van der Waals surface area (Å²) in [7, 11) is 0. The van der Waals surface area contributed by atoms with Crippen LogP contribution in [0.4, 0.5) is 0 Å². The van der Waals surface area contributed by atoms with Crippen LogP contribution in [0.15, 0.2) is 24.3 Å². The first-order chi connectivity index (χ1) is 10.7. The quantitative estimate of drug-likeness (QED) is 0.892. The molecule has 0 unspecified atom stereocenters. The molecule has 0 bridgehead atoms. The van der Waals surface area contributed by atoms with Crippen LogP contribution in [0.3, 0.4) is 0 Å². The topological polar surface area (TPSA) is 39.3 Å². The van der Waals surface area contributed by atoms with E-state index in [0.29, 0.717) is 23.8 Å². The number of nitrogens with zero attached hydrogens (tertiary/aromatic N) is 1. The molecule has 1 aromatic heterocycles. The number of aliphatic hydroxyl groups excluding tert-OH is 1. The van der Waals surface area contributed by atoms with E-state index in [1.165, 1.54) is 35.1 Å². The fourth-order valence-electron chi connectivity index (χ4n) is 4.88. The molecular weight excluding hydrogens is 272 g/mol. The van der Waals surface area contributed by atoms with E-state index in [0.717, 1.165) is 13.0 Å². The maximum Gasteiger partial charge on any atom is 0.0554 e. The smallest absolute Gasteiger partial charge is 0.0554 e. The molecule has 0 saturated carbocycles. The summed E-state index contributed by atoms with van der Waals surface area (Å²) in [5.74, 6) is 1.62. The average Bonchev–Trinajstić information content (AvgIpc) is 2.93. The first-order valence-corrected chi connectivity index (χ1v) is 8.69. The summed E-state index contributed by atoms with van der Waals surface area (Å²) in [4.78, 5) is 6.30. The zero-order chi connectivity index (χ0) is 15.3. The highest BCUT2D eigenvalue weighted by Gasteiger charge is 2.44. The van der Waals surface area contributed by atoms with Gasteiger partial charge in [0, 0.05) is 42.2 Å². The molecule has 2 N–H and O–H groups in total. The van der Waals surface area contributed by atoms with Crippen molar-refractivity contribution in [3.63, 3.8) is 0 Å². The van der Waals surface area contributed by atoms with E-state index in [1.54, 1.807) is 0 Å². The second-order valence-electron chi connectivity index (χ2n) is 7.13. The third-order valence-electron chi connectivity index (χ3n) is 6.21. The zero-order valence-corrected chi connectivity index (χ0v) is 13.5. The fourth-order valence-corrected chi connectivity index (χ4v) is 4.88. The van der Waals surface area contributed by atoms with Gasteiger partial charge in [0.1, 0.15) is 0 Å². The Morgan fingerprint density at radius 1 is 1.32 bits per heavy atom. The Bertz CT molecular complexity index is 677. The minimum atomic E-state index is 0.285. The lowest BCUT2D eigenvalue weighted by Gasteiger charge is -2.50. The van der Waals surface area contributed by atoms with Gasteiger partial charge in [-0.1, -0.05) is 38.5 Å². The van der Waals surface area contributed by atoms with Gasteiger partial charge < -0.3 is 10.1 Å². The molecule has 3 heteroatoms. The predicted molar refractivity (Wildman–Crippen MR) is 89.8 cm³/mol. The highest BCUT2D eigenvalue weighted by molar-refractivity contribution is 5.85. The molecule has 0 aliphatic carbocycles. The van der Waals surface area contributed by atoms with Gasteiger partial charge in [0.25, 0.3) is 0 Å². The summed E-state index contributed by atoms with van der Waals surface area (Å²) in [5, 5.41) is 11.4. The van der Waals surface area contributed by atoms with E-state index in [1.807, 2.05) is 0 Å². The summed E-state index contributed by atoms with van der Waals surface area (Å²) >= 11 is 0. The predicted octanol–water partition coefficient (Wildman–Crippen LogP) is 3.35. The number of para-hydroxylation sites is 1. The third-order valence-corrected chi connectivity index (χ3v) is 6.21. The van der Waals surface area contributed by atoms with Crippen molar-refractivity contribution in [2.75, 3.05) is 19.7 Å². The zero-order valence-electron chi connectivity index (χ0n) is 13.5. The molecular formula is C19H26N2O. The standard InChI is InChI=1S/C19H26N2O/c1-3-13-10-21-9-8-15-14-6-4-5-7-17(14)20-18(15)19(21)16(11-22)12(13)2/h4-7,12-13,16,19-20,22H,3,8-11H2,1-2H3/t12-,13-,16+,19+/m1/s1. The highest BCUT2D eigenvalue weighted by Crippen LogP contribution is 2.46. The number of H-pyrrole nitrogens is 1. The van der Waals surface area contributed by atoms with Gasteiger partial charge >= 0.3 is 0 Å². The Morgan fingerprint density at radius 3 is 2.91 bits per heavy atom. The highest BCUT2D eigenvalue weighted by atomic mass is 16.3. The van der Waals surface area contributed by atoms with Gasteiger partial charge in [0.15, 0.2) is 0 Å². The molecule has 1 fully saturated rings. The van der Waals surface area contributed by atoms with Crippen molar-refractivity contribution < 1.29 is 5.11 Å². The van der Waals surface area contributed by atoms with Crippen LogP contribution in [0.1, 0.15) is 37.6 Å². The van der Waals surface area contributed by atoms with Gasteiger partial charge in [-0.15, -0.1) is 0 Å². The van der Waals surface area contributed by atoms with Crippen LogP contribution < -0.4 is 0 Å². The Morgan fingerprint density at radius 2 is 2.14 bits per heavy atom. The van der Waals surface area contributed by atoms with Gasteiger partial charge in [0.05, 0.1) is 6.04 Å². The molecule has 1 saturated heterocycles. The number of hydrogen-bond acceptors (Lipinski definition) is 2. The van der Waals surface area contributed by atoms with Crippen LogP contribution in [0.2, 0.25) is 0 Å². The van der Waals surface area contributed by atoms with Crippen LogP contribution in [-0.2, 0) is 6.42 Å². The lowest BCUT2D eigenvalue weighted by Crippen LogP contribution is -2.51. The lowest BCUT2D eigenvalue weighted by molar-refractivity contribution is -0.0246. The molecule has 3 nitrogen and oxygen atoms in total. The van der Waals surface area contributed by atoms with Crippen LogP contribution in [0, 0.1) is 17.8 Å². The number of hydrogen-bond donors (Lipinski definition) is 2. The molecule has 4 atom stereocenters. The molecule has 0 amide bonds. The summed E-state index contributed by atoms with van der Waals surface area (Å²) < 4.78 is 0. The largest absolute Gasteiger partial charge is 0.396 e. The third kappa shape index (κ3) is 1.95. The molecule has 3 heterocycles. The van der Waals surface area contributed by atoms with E-state index < -0.39 is 0 Å². The SMILES string of the molecule is CC[C@@H]1CN2CCc3c([nH]c4ccccc34)[C@@H]2[C@@H](CO)[C@@H]1C. The number of aromatic amines is 1. The summed E-state index contributed by atoms with van der Waals surface area (Å²) in [6, 6.07) is 8.99. The number of piperidine rings is 1.